The molecule has 4 heteroatoms. The van der Waals surface area contributed by atoms with Gasteiger partial charge in [0.15, 0.2) is 0 Å². The fraction of sp³-hybridized carbons (Fsp3) is 0.400. The number of aromatic hydroxyl groups is 2. The number of phenolic OH excluding ortho intramolecular Hbond substituents is 2. The van der Waals surface area contributed by atoms with E-state index in [1.54, 1.807) is 6.07 Å². The summed E-state index contributed by atoms with van der Waals surface area (Å²) in [5.74, 6) is 0.369. The average Bonchev–Trinajstić information content (AvgIpc) is 2.23. The van der Waals surface area contributed by atoms with E-state index in [1.165, 1.54) is 12.1 Å². The van der Waals surface area contributed by atoms with Crippen molar-refractivity contribution >= 4 is 5.69 Å². The van der Waals surface area contributed by atoms with Crippen LogP contribution in [0, 0.1) is 0 Å². The fourth-order valence-electron chi connectivity index (χ4n) is 1.57. The second-order valence-corrected chi connectivity index (χ2v) is 3.27. The van der Waals surface area contributed by atoms with Crippen molar-refractivity contribution in [2.24, 2.45) is 0 Å². The molecule has 1 aliphatic heterocycles. The van der Waals surface area contributed by atoms with Gasteiger partial charge >= 0.3 is 0 Å². The van der Waals surface area contributed by atoms with Gasteiger partial charge in [0.2, 0.25) is 0 Å². The molecule has 1 saturated heterocycles. The Labute approximate surface area is 82.3 Å². The Balaban J connectivity index is 2.24. The van der Waals surface area contributed by atoms with Crippen molar-refractivity contribution in [3.8, 4) is 11.5 Å². The quantitative estimate of drug-likeness (QED) is 0.655. The predicted octanol–water partition coefficient (Wildman–Crippen LogP) is 0.934. The van der Waals surface area contributed by atoms with Gasteiger partial charge in [0, 0.05) is 19.2 Å². The number of ether oxygens (including phenoxy) is 1. The van der Waals surface area contributed by atoms with Crippen LogP contribution in [0.3, 0.4) is 0 Å². The first-order chi connectivity index (χ1) is 6.77. The van der Waals surface area contributed by atoms with E-state index in [0.29, 0.717) is 18.9 Å². The first-order valence-electron chi connectivity index (χ1n) is 4.62. The van der Waals surface area contributed by atoms with Gasteiger partial charge in [-0.05, 0) is 12.1 Å². The van der Waals surface area contributed by atoms with Crippen molar-refractivity contribution in [1.82, 2.24) is 0 Å². The van der Waals surface area contributed by atoms with Crippen LogP contribution in [0.15, 0.2) is 18.2 Å². The maximum Gasteiger partial charge on any atom is 0.139 e. The molecule has 1 heterocycles. The van der Waals surface area contributed by atoms with Crippen LogP contribution in [0.25, 0.3) is 0 Å². The predicted molar refractivity (Wildman–Crippen MR) is 52.8 cm³/mol. The molecule has 0 aliphatic carbocycles. The minimum Gasteiger partial charge on any atom is -0.508 e. The Morgan fingerprint density at radius 3 is 2.57 bits per heavy atom. The number of hydrogen-bond donors (Lipinski definition) is 2. The third-order valence-corrected chi connectivity index (χ3v) is 2.31. The van der Waals surface area contributed by atoms with Crippen LogP contribution in [0.1, 0.15) is 0 Å². The zero-order valence-electron chi connectivity index (χ0n) is 7.81. The lowest BCUT2D eigenvalue weighted by atomic mass is 10.2. The van der Waals surface area contributed by atoms with Crippen LogP contribution in [0.4, 0.5) is 5.69 Å². The van der Waals surface area contributed by atoms with E-state index < -0.39 is 0 Å². The molecule has 0 unspecified atom stereocenters. The summed E-state index contributed by atoms with van der Waals surface area (Å²) in [4.78, 5) is 2.00. The Hall–Kier alpha value is -1.42. The summed E-state index contributed by atoms with van der Waals surface area (Å²) in [5, 5.41) is 18.9. The normalized spacial score (nSPS) is 17.0. The second kappa shape index (κ2) is 3.75. The minimum absolute atomic E-state index is 0.171. The SMILES string of the molecule is Oc1ccc(O)c(N2CCOCC2)c1. The van der Waals surface area contributed by atoms with Crippen molar-refractivity contribution < 1.29 is 14.9 Å². The number of morpholine rings is 1. The molecule has 4 nitrogen and oxygen atoms in total. The van der Waals surface area contributed by atoms with E-state index in [1.807, 2.05) is 4.90 Å². The van der Waals surface area contributed by atoms with Gasteiger partial charge in [-0.1, -0.05) is 0 Å². The van der Waals surface area contributed by atoms with Crippen molar-refractivity contribution in [3.05, 3.63) is 18.2 Å². The molecule has 1 fully saturated rings. The monoisotopic (exact) mass is 195 g/mol. The van der Waals surface area contributed by atoms with Crippen molar-refractivity contribution in [1.29, 1.82) is 0 Å². The topological polar surface area (TPSA) is 52.9 Å². The Bertz CT molecular complexity index is 321. The highest BCUT2D eigenvalue weighted by Gasteiger charge is 2.14. The summed E-state index contributed by atoms with van der Waals surface area (Å²) >= 11 is 0. The molecule has 2 rings (SSSR count). The third kappa shape index (κ3) is 1.75. The van der Waals surface area contributed by atoms with E-state index in [-0.39, 0.29) is 11.5 Å². The third-order valence-electron chi connectivity index (χ3n) is 2.31. The second-order valence-electron chi connectivity index (χ2n) is 3.27. The lowest BCUT2D eigenvalue weighted by molar-refractivity contribution is 0.122. The number of rotatable bonds is 1. The maximum absolute atomic E-state index is 9.59. The molecule has 0 radical (unpaired) electrons. The van der Waals surface area contributed by atoms with Crippen LogP contribution in [-0.2, 0) is 4.74 Å². The highest BCUT2D eigenvalue weighted by Crippen LogP contribution is 2.31. The fourth-order valence-corrected chi connectivity index (χ4v) is 1.57. The summed E-state index contributed by atoms with van der Waals surface area (Å²) in [6, 6.07) is 4.54. The molecule has 0 amide bonds. The van der Waals surface area contributed by atoms with Gasteiger partial charge in [-0.2, -0.15) is 0 Å². The molecule has 0 bridgehead atoms. The number of benzene rings is 1. The van der Waals surface area contributed by atoms with Crippen LogP contribution in [-0.4, -0.2) is 36.5 Å². The van der Waals surface area contributed by atoms with E-state index in [2.05, 4.69) is 0 Å². The zero-order valence-corrected chi connectivity index (χ0v) is 7.81. The minimum atomic E-state index is 0.171. The van der Waals surface area contributed by atoms with E-state index >= 15 is 0 Å². The average molecular weight is 195 g/mol. The summed E-state index contributed by atoms with van der Waals surface area (Å²) in [5.41, 5.74) is 0.674. The number of anilines is 1. The van der Waals surface area contributed by atoms with Gasteiger partial charge in [-0.25, -0.2) is 0 Å². The smallest absolute Gasteiger partial charge is 0.139 e. The first-order valence-corrected chi connectivity index (χ1v) is 4.62. The lowest BCUT2D eigenvalue weighted by Gasteiger charge is -2.29. The Morgan fingerprint density at radius 1 is 1.14 bits per heavy atom. The highest BCUT2D eigenvalue weighted by molar-refractivity contribution is 5.60. The number of nitrogens with zero attached hydrogens (tertiary/aromatic N) is 1. The molecular formula is C10H13NO3. The summed E-state index contributed by atoms with van der Waals surface area (Å²) in [6.45, 7) is 2.82. The largest absolute Gasteiger partial charge is 0.508 e. The Morgan fingerprint density at radius 2 is 1.86 bits per heavy atom. The molecule has 14 heavy (non-hydrogen) atoms. The molecule has 0 aromatic heterocycles. The van der Waals surface area contributed by atoms with E-state index in [9.17, 15) is 10.2 Å². The Kier molecular flexibility index (Phi) is 2.45. The summed E-state index contributed by atoms with van der Waals surface area (Å²) < 4.78 is 5.21. The summed E-state index contributed by atoms with van der Waals surface area (Å²) in [6.07, 6.45) is 0. The van der Waals surface area contributed by atoms with Crippen LogP contribution in [0.2, 0.25) is 0 Å². The van der Waals surface area contributed by atoms with Gasteiger partial charge in [0.1, 0.15) is 11.5 Å². The standard InChI is InChI=1S/C10H13NO3/c12-8-1-2-10(13)9(7-8)11-3-5-14-6-4-11/h1-2,7,12-13H,3-6H2. The first kappa shape index (κ1) is 9.15. The molecular weight excluding hydrogens is 182 g/mol. The van der Waals surface area contributed by atoms with Crippen LogP contribution < -0.4 is 4.90 Å². The van der Waals surface area contributed by atoms with Gasteiger partial charge < -0.3 is 19.8 Å². The molecule has 0 atom stereocenters. The molecule has 0 saturated carbocycles. The van der Waals surface area contributed by atoms with Crippen LogP contribution >= 0.6 is 0 Å². The van der Waals surface area contributed by atoms with Crippen molar-refractivity contribution in [2.45, 2.75) is 0 Å². The van der Waals surface area contributed by atoms with Crippen LogP contribution in [0.5, 0.6) is 11.5 Å². The van der Waals surface area contributed by atoms with Gasteiger partial charge in [0.05, 0.1) is 18.9 Å². The number of hydrogen-bond acceptors (Lipinski definition) is 4. The van der Waals surface area contributed by atoms with E-state index in [0.717, 1.165) is 13.1 Å². The molecule has 1 aliphatic rings. The van der Waals surface area contributed by atoms with Crippen molar-refractivity contribution in [2.75, 3.05) is 31.2 Å². The molecule has 76 valence electrons. The lowest BCUT2D eigenvalue weighted by Crippen LogP contribution is -2.36. The van der Waals surface area contributed by atoms with Gasteiger partial charge in [0.25, 0.3) is 0 Å². The summed E-state index contributed by atoms with van der Waals surface area (Å²) in [7, 11) is 0. The molecule has 0 spiro atoms. The van der Waals surface area contributed by atoms with Crippen molar-refractivity contribution in [3.63, 3.8) is 0 Å². The van der Waals surface area contributed by atoms with E-state index in [4.69, 9.17) is 4.74 Å². The zero-order chi connectivity index (χ0) is 9.97. The maximum atomic E-state index is 9.59. The molecule has 1 aromatic carbocycles. The number of phenols is 2. The highest BCUT2D eigenvalue weighted by atomic mass is 16.5. The molecule has 2 N–H and O–H groups in total. The molecule has 1 aromatic rings. The van der Waals surface area contributed by atoms with Gasteiger partial charge in [-0.15, -0.1) is 0 Å². The van der Waals surface area contributed by atoms with Gasteiger partial charge in [-0.3, -0.25) is 0 Å².